The Morgan fingerprint density at radius 2 is 2.19 bits per heavy atom. The normalized spacial score (nSPS) is 17.4. The fourth-order valence-corrected chi connectivity index (χ4v) is 3.22. The highest BCUT2D eigenvalue weighted by molar-refractivity contribution is 5.89. The van der Waals surface area contributed by atoms with Crippen LogP contribution >= 0.6 is 0 Å². The highest BCUT2D eigenvalue weighted by Crippen LogP contribution is 2.30. The molecule has 1 heterocycles. The summed E-state index contributed by atoms with van der Waals surface area (Å²) in [5.74, 6) is 0.0273. The number of benzene rings is 1. The largest absolute Gasteiger partial charge is 0.358 e. The minimum absolute atomic E-state index is 0.0273. The van der Waals surface area contributed by atoms with E-state index in [1.54, 1.807) is 6.08 Å². The first-order valence-corrected chi connectivity index (χ1v) is 7.59. The molecule has 0 saturated carbocycles. The first-order valence-electron chi connectivity index (χ1n) is 7.59. The molecule has 0 spiro atoms. The van der Waals surface area contributed by atoms with Crippen molar-refractivity contribution in [1.82, 2.24) is 10.3 Å². The van der Waals surface area contributed by atoms with Crippen molar-refractivity contribution in [1.29, 1.82) is 0 Å². The summed E-state index contributed by atoms with van der Waals surface area (Å²) in [6.07, 6.45) is 4.60. The monoisotopic (exact) mass is 282 g/mol. The van der Waals surface area contributed by atoms with Gasteiger partial charge in [0.15, 0.2) is 0 Å². The molecule has 21 heavy (non-hydrogen) atoms. The van der Waals surface area contributed by atoms with Crippen LogP contribution in [0.4, 0.5) is 0 Å². The summed E-state index contributed by atoms with van der Waals surface area (Å²) >= 11 is 0. The van der Waals surface area contributed by atoms with Crippen LogP contribution in [-0.2, 0) is 17.6 Å². The van der Waals surface area contributed by atoms with E-state index in [1.165, 1.54) is 27.7 Å². The third-order valence-corrected chi connectivity index (χ3v) is 4.20. The Hall–Kier alpha value is -2.03. The summed E-state index contributed by atoms with van der Waals surface area (Å²) in [7, 11) is 0. The second-order valence-electron chi connectivity index (χ2n) is 6.25. The molecule has 0 saturated heterocycles. The van der Waals surface area contributed by atoms with E-state index < -0.39 is 0 Å². The molecule has 110 valence electrons. The molecule has 3 rings (SSSR count). The van der Waals surface area contributed by atoms with Crippen molar-refractivity contribution in [2.45, 2.75) is 46.1 Å². The SMILES string of the molecule is CC(C)=CC(=O)NC1CCc2[nH]c3c(C)cccc3c2C1. The van der Waals surface area contributed by atoms with Crippen LogP contribution in [0.3, 0.4) is 0 Å². The zero-order valence-corrected chi connectivity index (χ0v) is 12.9. The molecule has 0 aliphatic heterocycles. The molecule has 0 bridgehead atoms. The average Bonchev–Trinajstić information content (AvgIpc) is 2.77. The molecule has 1 amide bonds. The Morgan fingerprint density at radius 3 is 2.95 bits per heavy atom. The maximum atomic E-state index is 11.9. The van der Waals surface area contributed by atoms with Gasteiger partial charge in [0.2, 0.25) is 5.91 Å². The van der Waals surface area contributed by atoms with Crippen molar-refractivity contribution in [2.75, 3.05) is 0 Å². The number of aromatic amines is 1. The Kier molecular flexibility index (Phi) is 3.58. The number of aromatic nitrogens is 1. The first kappa shape index (κ1) is 13.9. The van der Waals surface area contributed by atoms with E-state index in [1.807, 2.05) is 13.8 Å². The standard InChI is InChI=1S/C18H22N2O/c1-11(2)9-17(21)19-13-7-8-16-15(10-13)14-6-4-5-12(3)18(14)20-16/h4-6,9,13,20H,7-8,10H2,1-3H3,(H,19,21). The lowest BCUT2D eigenvalue weighted by Gasteiger charge is -2.23. The highest BCUT2D eigenvalue weighted by atomic mass is 16.1. The van der Waals surface area contributed by atoms with Gasteiger partial charge in [-0.15, -0.1) is 0 Å². The van der Waals surface area contributed by atoms with E-state index in [0.717, 1.165) is 24.8 Å². The number of allylic oxidation sites excluding steroid dienone is 1. The van der Waals surface area contributed by atoms with E-state index in [2.05, 4.69) is 35.4 Å². The zero-order valence-electron chi connectivity index (χ0n) is 12.9. The van der Waals surface area contributed by atoms with Gasteiger partial charge in [-0.3, -0.25) is 4.79 Å². The molecular weight excluding hydrogens is 260 g/mol. The minimum atomic E-state index is 0.0273. The van der Waals surface area contributed by atoms with Gasteiger partial charge in [-0.1, -0.05) is 23.8 Å². The van der Waals surface area contributed by atoms with E-state index in [0.29, 0.717) is 0 Å². The number of rotatable bonds is 2. The Bertz CT molecular complexity index is 720. The molecule has 0 fully saturated rings. The summed E-state index contributed by atoms with van der Waals surface area (Å²) < 4.78 is 0. The van der Waals surface area contributed by atoms with Gasteiger partial charge in [0.25, 0.3) is 0 Å². The molecule has 0 radical (unpaired) electrons. The van der Waals surface area contributed by atoms with Crippen molar-refractivity contribution in [2.24, 2.45) is 0 Å². The number of amides is 1. The average molecular weight is 282 g/mol. The molecule has 2 N–H and O–H groups in total. The van der Waals surface area contributed by atoms with Crippen molar-refractivity contribution in [3.05, 3.63) is 46.7 Å². The van der Waals surface area contributed by atoms with Gasteiger partial charge >= 0.3 is 0 Å². The van der Waals surface area contributed by atoms with Crippen molar-refractivity contribution in [3.63, 3.8) is 0 Å². The number of hydrogen-bond acceptors (Lipinski definition) is 1. The summed E-state index contributed by atoms with van der Waals surface area (Å²) in [5.41, 5.74) is 6.28. The lowest BCUT2D eigenvalue weighted by Crippen LogP contribution is -2.37. The molecule has 2 aromatic rings. The van der Waals surface area contributed by atoms with Crippen molar-refractivity contribution in [3.8, 4) is 0 Å². The molecule has 1 aromatic carbocycles. The van der Waals surface area contributed by atoms with E-state index in [4.69, 9.17) is 0 Å². The predicted molar refractivity (Wildman–Crippen MR) is 86.4 cm³/mol. The Morgan fingerprint density at radius 1 is 1.38 bits per heavy atom. The van der Waals surface area contributed by atoms with Crippen LogP contribution in [0.5, 0.6) is 0 Å². The van der Waals surface area contributed by atoms with Gasteiger partial charge < -0.3 is 10.3 Å². The van der Waals surface area contributed by atoms with Crippen LogP contribution in [0.25, 0.3) is 10.9 Å². The van der Waals surface area contributed by atoms with Crippen LogP contribution < -0.4 is 5.32 Å². The molecule has 1 aromatic heterocycles. The Labute approximate surface area is 125 Å². The van der Waals surface area contributed by atoms with Gasteiger partial charge in [0, 0.05) is 28.7 Å². The molecule has 3 nitrogen and oxygen atoms in total. The number of fused-ring (bicyclic) bond motifs is 3. The van der Waals surface area contributed by atoms with Crippen molar-refractivity contribution >= 4 is 16.8 Å². The number of nitrogens with one attached hydrogen (secondary N) is 2. The number of carbonyl (C=O) groups is 1. The number of H-pyrrole nitrogens is 1. The molecule has 1 unspecified atom stereocenters. The van der Waals surface area contributed by atoms with Crippen LogP contribution in [-0.4, -0.2) is 16.9 Å². The quantitative estimate of drug-likeness (QED) is 0.815. The molecule has 1 aliphatic rings. The second kappa shape index (κ2) is 5.40. The number of aryl methyl sites for hydroxylation is 2. The summed E-state index contributed by atoms with van der Waals surface area (Å²) in [6.45, 7) is 6.03. The fraction of sp³-hybridized carbons (Fsp3) is 0.389. The van der Waals surface area contributed by atoms with Gasteiger partial charge in [-0.05, 0) is 51.2 Å². The summed E-state index contributed by atoms with van der Waals surface area (Å²) in [5, 5.41) is 4.44. The number of hydrogen-bond donors (Lipinski definition) is 2. The smallest absolute Gasteiger partial charge is 0.244 e. The molecular formula is C18H22N2O. The Balaban J connectivity index is 1.85. The molecule has 3 heteroatoms. The van der Waals surface area contributed by atoms with Crippen LogP contribution in [0.15, 0.2) is 29.8 Å². The third-order valence-electron chi connectivity index (χ3n) is 4.20. The second-order valence-corrected chi connectivity index (χ2v) is 6.25. The van der Waals surface area contributed by atoms with E-state index in [-0.39, 0.29) is 11.9 Å². The van der Waals surface area contributed by atoms with Gasteiger partial charge in [0.05, 0.1) is 0 Å². The van der Waals surface area contributed by atoms with Crippen LogP contribution in [0, 0.1) is 6.92 Å². The van der Waals surface area contributed by atoms with E-state index in [9.17, 15) is 4.79 Å². The predicted octanol–water partition coefficient (Wildman–Crippen LogP) is 3.42. The molecule has 1 aliphatic carbocycles. The minimum Gasteiger partial charge on any atom is -0.358 e. The fourth-order valence-electron chi connectivity index (χ4n) is 3.22. The van der Waals surface area contributed by atoms with Gasteiger partial charge in [-0.25, -0.2) is 0 Å². The lowest BCUT2D eigenvalue weighted by atomic mass is 9.91. The number of carbonyl (C=O) groups excluding carboxylic acids is 1. The van der Waals surface area contributed by atoms with Crippen LogP contribution in [0.2, 0.25) is 0 Å². The van der Waals surface area contributed by atoms with Crippen molar-refractivity contribution < 1.29 is 4.79 Å². The highest BCUT2D eigenvalue weighted by Gasteiger charge is 2.23. The first-order chi connectivity index (χ1) is 10.0. The van der Waals surface area contributed by atoms with Crippen LogP contribution in [0.1, 0.15) is 37.1 Å². The summed E-state index contributed by atoms with van der Waals surface area (Å²) in [6, 6.07) is 6.66. The van der Waals surface area contributed by atoms with Gasteiger partial charge in [0.1, 0.15) is 0 Å². The van der Waals surface area contributed by atoms with E-state index >= 15 is 0 Å². The maximum Gasteiger partial charge on any atom is 0.244 e. The number of para-hydroxylation sites is 1. The molecule has 1 atom stereocenters. The third kappa shape index (κ3) is 2.73. The van der Waals surface area contributed by atoms with Gasteiger partial charge in [-0.2, -0.15) is 0 Å². The zero-order chi connectivity index (χ0) is 15.0. The lowest BCUT2D eigenvalue weighted by molar-refractivity contribution is -0.117. The summed E-state index contributed by atoms with van der Waals surface area (Å²) in [4.78, 5) is 15.5. The topological polar surface area (TPSA) is 44.9 Å². The maximum absolute atomic E-state index is 11.9.